The van der Waals surface area contributed by atoms with E-state index in [1.807, 2.05) is 0 Å². The summed E-state index contributed by atoms with van der Waals surface area (Å²) >= 11 is 0. The third kappa shape index (κ3) is 4.04. The number of fused-ring (bicyclic) bond motifs is 1. The van der Waals surface area contributed by atoms with Gasteiger partial charge in [0, 0.05) is 5.56 Å². The van der Waals surface area contributed by atoms with Gasteiger partial charge >= 0.3 is 0 Å². The summed E-state index contributed by atoms with van der Waals surface area (Å²) in [6, 6.07) is 8.68. The Balaban J connectivity index is 1.80. The molecule has 0 unspecified atom stereocenters. The fourth-order valence-corrected chi connectivity index (χ4v) is 4.54. The molecule has 0 amide bonds. The van der Waals surface area contributed by atoms with E-state index in [-0.39, 0.29) is 12.0 Å². The zero-order valence-corrected chi connectivity index (χ0v) is 17.5. The maximum Gasteiger partial charge on any atom is 0.264 e. The molecule has 172 valence electrons. The molecule has 1 aliphatic heterocycles. The Morgan fingerprint density at radius 1 is 1.09 bits per heavy atom. The molecule has 0 saturated carbocycles. The number of alkyl halides is 2. The predicted octanol–water partition coefficient (Wildman–Crippen LogP) is 2.31. The summed E-state index contributed by atoms with van der Waals surface area (Å²) in [6.45, 7) is -0.562. The molecule has 1 fully saturated rings. The lowest BCUT2D eigenvalue weighted by atomic mass is 9.84. The zero-order valence-electron chi connectivity index (χ0n) is 17.5. The van der Waals surface area contributed by atoms with E-state index >= 15 is 0 Å². The van der Waals surface area contributed by atoms with Crippen LogP contribution in [0.2, 0.25) is 0 Å². The number of hydrogen-bond acceptors (Lipinski definition) is 6. The second kappa shape index (κ2) is 9.25. The Bertz CT molecular complexity index is 989. The van der Waals surface area contributed by atoms with Crippen LogP contribution in [0.1, 0.15) is 45.9 Å². The topological polar surface area (TPSA) is 99.4 Å². The normalized spacial score (nSPS) is 27.1. The van der Waals surface area contributed by atoms with Gasteiger partial charge in [-0.2, -0.15) is 0 Å². The van der Waals surface area contributed by atoms with Crippen LogP contribution in [0.5, 0.6) is 5.75 Å². The lowest BCUT2D eigenvalue weighted by molar-refractivity contribution is -0.231. The van der Waals surface area contributed by atoms with Gasteiger partial charge in [-0.25, -0.2) is 8.78 Å². The van der Waals surface area contributed by atoms with Crippen LogP contribution in [0.15, 0.2) is 36.4 Å². The van der Waals surface area contributed by atoms with Crippen LogP contribution in [0.4, 0.5) is 8.78 Å². The van der Waals surface area contributed by atoms with Crippen LogP contribution in [0.25, 0.3) is 6.08 Å². The van der Waals surface area contributed by atoms with Crippen molar-refractivity contribution in [2.45, 2.75) is 49.8 Å². The van der Waals surface area contributed by atoms with E-state index in [0.29, 0.717) is 34.4 Å². The van der Waals surface area contributed by atoms with Gasteiger partial charge in [0.15, 0.2) is 0 Å². The van der Waals surface area contributed by atoms with Gasteiger partial charge in [-0.05, 0) is 52.8 Å². The highest BCUT2D eigenvalue weighted by Gasteiger charge is 2.45. The van der Waals surface area contributed by atoms with Gasteiger partial charge in [0.1, 0.15) is 36.3 Å². The minimum absolute atomic E-state index is 0.0471. The molecular formula is C24H26F2O6. The number of halogens is 2. The fourth-order valence-electron chi connectivity index (χ4n) is 4.54. The first-order chi connectivity index (χ1) is 15.3. The van der Waals surface area contributed by atoms with Crippen LogP contribution in [-0.4, -0.2) is 58.6 Å². The number of benzene rings is 2. The molecule has 0 bridgehead atoms. The number of methoxy groups -OCH3 is 1. The van der Waals surface area contributed by atoms with Crippen LogP contribution in [0.3, 0.4) is 0 Å². The molecule has 5 atom stereocenters. The minimum Gasteiger partial charge on any atom is -0.497 e. The predicted molar refractivity (Wildman–Crippen MR) is 113 cm³/mol. The van der Waals surface area contributed by atoms with Crippen molar-refractivity contribution in [1.82, 2.24) is 0 Å². The van der Waals surface area contributed by atoms with Gasteiger partial charge in [-0.1, -0.05) is 30.4 Å². The van der Waals surface area contributed by atoms with Crippen molar-refractivity contribution < 1.29 is 38.7 Å². The maximum atomic E-state index is 14.2. The van der Waals surface area contributed by atoms with Crippen molar-refractivity contribution in [3.8, 4) is 5.75 Å². The first-order valence-electron chi connectivity index (χ1n) is 10.4. The fraction of sp³-hybridized carbons (Fsp3) is 0.417. The van der Waals surface area contributed by atoms with E-state index in [1.165, 1.54) is 0 Å². The van der Waals surface area contributed by atoms with Crippen LogP contribution in [0, 0.1) is 0 Å². The van der Waals surface area contributed by atoms with Crippen LogP contribution in [-0.2, 0) is 17.6 Å². The Labute approximate surface area is 184 Å². The molecule has 0 aromatic heterocycles. The molecule has 4 N–H and O–H groups in total. The largest absolute Gasteiger partial charge is 0.497 e. The molecule has 32 heavy (non-hydrogen) atoms. The first-order valence-corrected chi connectivity index (χ1v) is 10.4. The lowest BCUT2D eigenvalue weighted by Crippen LogP contribution is -2.55. The minimum atomic E-state index is -2.69. The number of hydrogen-bond donors (Lipinski definition) is 4. The highest BCUT2D eigenvalue weighted by molar-refractivity contribution is 5.68. The third-order valence-corrected chi connectivity index (χ3v) is 6.21. The van der Waals surface area contributed by atoms with Crippen molar-refractivity contribution in [3.05, 3.63) is 69.8 Å². The molecule has 2 aromatic rings. The Morgan fingerprint density at radius 2 is 1.81 bits per heavy atom. The van der Waals surface area contributed by atoms with Gasteiger partial charge in [-0.3, -0.25) is 0 Å². The Kier molecular flexibility index (Phi) is 6.60. The van der Waals surface area contributed by atoms with Crippen molar-refractivity contribution in [3.63, 3.8) is 0 Å². The summed E-state index contributed by atoms with van der Waals surface area (Å²) in [4.78, 5) is 0. The molecule has 2 aromatic carbocycles. The molecule has 6 nitrogen and oxygen atoms in total. The number of rotatable bonds is 6. The van der Waals surface area contributed by atoms with Gasteiger partial charge in [0.2, 0.25) is 0 Å². The third-order valence-electron chi connectivity index (χ3n) is 6.21. The van der Waals surface area contributed by atoms with Crippen LogP contribution < -0.4 is 4.74 Å². The number of ether oxygens (including phenoxy) is 2. The van der Waals surface area contributed by atoms with Gasteiger partial charge in [0.05, 0.1) is 13.7 Å². The number of allylic oxidation sites excluding steroid dienone is 1. The Morgan fingerprint density at radius 3 is 2.44 bits per heavy atom. The molecule has 2 aliphatic rings. The first kappa shape index (κ1) is 22.8. The summed E-state index contributed by atoms with van der Waals surface area (Å²) in [7, 11) is 1.55. The van der Waals surface area contributed by atoms with Crippen molar-refractivity contribution >= 4 is 6.08 Å². The van der Waals surface area contributed by atoms with E-state index < -0.39 is 43.6 Å². The van der Waals surface area contributed by atoms with E-state index in [4.69, 9.17) is 9.47 Å². The average molecular weight is 448 g/mol. The zero-order chi connectivity index (χ0) is 23.0. The van der Waals surface area contributed by atoms with Gasteiger partial charge in [0.25, 0.3) is 6.43 Å². The average Bonchev–Trinajstić information content (AvgIpc) is 3.27. The highest BCUT2D eigenvalue weighted by Crippen LogP contribution is 2.42. The molecule has 1 saturated heterocycles. The monoisotopic (exact) mass is 448 g/mol. The quantitative estimate of drug-likeness (QED) is 0.541. The standard InChI is InChI=1S/C24H26F2O6/c1-31-14-7-5-12(6-8-14)9-13-10-17(15-3-2-4-16(15)19(13)24(25)26)23-22(30)21(29)20(28)18(11-27)32-23/h2-3,5-8,10,18,20-24,27-30H,4,9,11H2,1H3/t18-,20-,21+,22-,23+/m1/s1. The summed E-state index contributed by atoms with van der Waals surface area (Å²) in [6.07, 6.45) is -5.39. The van der Waals surface area contributed by atoms with Crippen LogP contribution >= 0.6 is 0 Å². The van der Waals surface area contributed by atoms with Crippen molar-refractivity contribution in [2.24, 2.45) is 0 Å². The molecule has 1 heterocycles. The van der Waals surface area contributed by atoms with Crippen molar-refractivity contribution in [1.29, 1.82) is 0 Å². The summed E-state index contributed by atoms with van der Waals surface area (Å²) < 4.78 is 39.2. The molecule has 4 rings (SSSR count). The second-order valence-electron chi connectivity index (χ2n) is 8.11. The van der Waals surface area contributed by atoms with Crippen molar-refractivity contribution in [2.75, 3.05) is 13.7 Å². The molecule has 8 heteroatoms. The molecular weight excluding hydrogens is 422 g/mol. The molecule has 0 radical (unpaired) electrons. The van der Waals surface area contributed by atoms with E-state index in [1.54, 1.807) is 49.6 Å². The van der Waals surface area contributed by atoms with Gasteiger partial charge in [-0.15, -0.1) is 0 Å². The van der Waals surface area contributed by atoms with E-state index in [9.17, 15) is 29.2 Å². The molecule has 0 spiro atoms. The smallest absolute Gasteiger partial charge is 0.264 e. The summed E-state index contributed by atoms with van der Waals surface area (Å²) in [5, 5.41) is 40.5. The Hall–Kier alpha value is -2.36. The second-order valence-corrected chi connectivity index (χ2v) is 8.11. The van der Waals surface area contributed by atoms with E-state index in [2.05, 4.69) is 0 Å². The molecule has 1 aliphatic carbocycles. The number of aliphatic hydroxyl groups excluding tert-OH is 4. The highest BCUT2D eigenvalue weighted by atomic mass is 19.3. The SMILES string of the molecule is COc1ccc(Cc2cc([C@@H]3O[C@H](CO)[C@@H](O)[C@H](O)[C@H]3O)c3c(c2C(F)F)CC=C3)cc1. The van der Waals surface area contributed by atoms with E-state index in [0.717, 1.165) is 5.56 Å². The lowest BCUT2D eigenvalue weighted by Gasteiger charge is -2.41. The number of aliphatic hydroxyl groups is 4. The summed E-state index contributed by atoms with van der Waals surface area (Å²) in [5.74, 6) is 0.656. The maximum absolute atomic E-state index is 14.2. The summed E-state index contributed by atoms with van der Waals surface area (Å²) in [5.41, 5.74) is 2.56. The van der Waals surface area contributed by atoms with Gasteiger partial charge < -0.3 is 29.9 Å².